The van der Waals surface area contributed by atoms with Crippen molar-refractivity contribution in [2.75, 3.05) is 26.2 Å². The van der Waals surface area contributed by atoms with Gasteiger partial charge >= 0.3 is 0 Å². The van der Waals surface area contributed by atoms with Crippen LogP contribution in [-0.2, 0) is 0 Å². The third kappa shape index (κ3) is 3.95. The molecule has 3 heteroatoms. The lowest BCUT2D eigenvalue weighted by Gasteiger charge is -2.26. The summed E-state index contributed by atoms with van der Waals surface area (Å²) in [4.78, 5) is 0. The summed E-state index contributed by atoms with van der Waals surface area (Å²) in [5.41, 5.74) is 0. The van der Waals surface area contributed by atoms with Gasteiger partial charge in [-0.05, 0) is 44.3 Å². The van der Waals surface area contributed by atoms with E-state index in [2.05, 4.69) is 24.5 Å². The minimum Gasteiger partial charge on any atom is -0.395 e. The maximum atomic E-state index is 9.15. The van der Waals surface area contributed by atoms with Crippen molar-refractivity contribution in [2.24, 2.45) is 11.8 Å². The van der Waals surface area contributed by atoms with Crippen molar-refractivity contribution in [3.8, 4) is 0 Å². The van der Waals surface area contributed by atoms with Crippen LogP contribution >= 0.6 is 0 Å². The predicted octanol–water partition coefficient (Wildman–Crippen LogP) is 0.592. The fourth-order valence-electron chi connectivity index (χ4n) is 1.91. The number of aliphatic hydroxyl groups is 1. The third-order valence-electron chi connectivity index (χ3n) is 3.13. The lowest BCUT2D eigenvalue weighted by Crippen LogP contribution is -2.42. The maximum absolute atomic E-state index is 9.15. The molecule has 0 aliphatic carbocycles. The van der Waals surface area contributed by atoms with Crippen molar-refractivity contribution in [2.45, 2.75) is 32.7 Å². The average Bonchev–Trinajstić information content (AvgIpc) is 2.20. The zero-order valence-corrected chi connectivity index (χ0v) is 9.42. The first kappa shape index (κ1) is 12.0. The topological polar surface area (TPSA) is 44.3 Å². The van der Waals surface area contributed by atoms with E-state index in [-0.39, 0.29) is 12.6 Å². The first-order valence-electron chi connectivity index (χ1n) is 5.79. The predicted molar refractivity (Wildman–Crippen MR) is 59.3 cm³/mol. The molecule has 1 aliphatic heterocycles. The van der Waals surface area contributed by atoms with E-state index in [0.29, 0.717) is 5.92 Å². The van der Waals surface area contributed by atoms with Gasteiger partial charge in [-0.15, -0.1) is 0 Å². The summed E-state index contributed by atoms with van der Waals surface area (Å²) < 4.78 is 0. The highest BCUT2D eigenvalue weighted by Crippen LogP contribution is 2.11. The van der Waals surface area contributed by atoms with Crippen LogP contribution in [0.3, 0.4) is 0 Å². The zero-order valence-electron chi connectivity index (χ0n) is 9.42. The van der Waals surface area contributed by atoms with Gasteiger partial charge in [0.05, 0.1) is 6.61 Å². The van der Waals surface area contributed by atoms with Crippen molar-refractivity contribution in [3.05, 3.63) is 0 Å². The highest BCUT2D eigenvalue weighted by molar-refractivity contribution is 4.75. The lowest BCUT2D eigenvalue weighted by atomic mass is 9.97. The molecule has 0 amide bonds. The fourth-order valence-corrected chi connectivity index (χ4v) is 1.91. The van der Waals surface area contributed by atoms with Gasteiger partial charge < -0.3 is 15.7 Å². The number of nitrogens with one attached hydrogen (secondary N) is 2. The van der Waals surface area contributed by atoms with Crippen LogP contribution in [-0.4, -0.2) is 37.4 Å². The molecular weight excluding hydrogens is 176 g/mol. The summed E-state index contributed by atoms with van der Waals surface area (Å²) >= 11 is 0. The zero-order chi connectivity index (χ0) is 10.4. The SMILES string of the molecule is CC(C)C(CO)NCC1CCNCC1. The van der Waals surface area contributed by atoms with Crippen LogP contribution in [0.2, 0.25) is 0 Å². The van der Waals surface area contributed by atoms with E-state index in [4.69, 9.17) is 5.11 Å². The number of rotatable bonds is 5. The summed E-state index contributed by atoms with van der Waals surface area (Å²) in [5.74, 6) is 1.31. The van der Waals surface area contributed by atoms with Crippen LogP contribution in [0.4, 0.5) is 0 Å². The van der Waals surface area contributed by atoms with Gasteiger partial charge in [0, 0.05) is 6.04 Å². The second-order valence-corrected chi connectivity index (χ2v) is 4.63. The first-order chi connectivity index (χ1) is 6.74. The monoisotopic (exact) mass is 200 g/mol. The Labute approximate surface area is 87.3 Å². The fraction of sp³-hybridized carbons (Fsp3) is 1.00. The van der Waals surface area contributed by atoms with Gasteiger partial charge in [-0.3, -0.25) is 0 Å². The smallest absolute Gasteiger partial charge is 0.0587 e. The summed E-state index contributed by atoms with van der Waals surface area (Å²) in [6.07, 6.45) is 2.53. The van der Waals surface area contributed by atoms with Crippen LogP contribution < -0.4 is 10.6 Å². The molecule has 14 heavy (non-hydrogen) atoms. The van der Waals surface area contributed by atoms with E-state index < -0.39 is 0 Å². The largest absolute Gasteiger partial charge is 0.395 e. The van der Waals surface area contributed by atoms with E-state index >= 15 is 0 Å². The van der Waals surface area contributed by atoms with Crippen molar-refractivity contribution in [1.82, 2.24) is 10.6 Å². The molecule has 84 valence electrons. The molecule has 1 fully saturated rings. The van der Waals surface area contributed by atoms with Gasteiger partial charge in [0.25, 0.3) is 0 Å². The Morgan fingerprint density at radius 1 is 1.36 bits per heavy atom. The molecule has 1 unspecified atom stereocenters. The Morgan fingerprint density at radius 3 is 2.50 bits per heavy atom. The van der Waals surface area contributed by atoms with E-state index in [0.717, 1.165) is 25.6 Å². The molecule has 1 rings (SSSR count). The molecule has 3 N–H and O–H groups in total. The molecule has 0 saturated carbocycles. The van der Waals surface area contributed by atoms with E-state index in [1.54, 1.807) is 0 Å². The van der Waals surface area contributed by atoms with Gasteiger partial charge in [0.1, 0.15) is 0 Å². The average molecular weight is 200 g/mol. The van der Waals surface area contributed by atoms with Crippen molar-refractivity contribution in [3.63, 3.8) is 0 Å². The normalized spacial score (nSPS) is 21.4. The number of hydrogen-bond acceptors (Lipinski definition) is 3. The minimum absolute atomic E-state index is 0.253. The summed E-state index contributed by atoms with van der Waals surface area (Å²) in [6.45, 7) is 7.91. The van der Waals surface area contributed by atoms with E-state index in [1.165, 1.54) is 12.8 Å². The number of hydrogen-bond donors (Lipinski definition) is 3. The van der Waals surface area contributed by atoms with Gasteiger partial charge in [0.15, 0.2) is 0 Å². The quantitative estimate of drug-likeness (QED) is 0.609. The van der Waals surface area contributed by atoms with Gasteiger partial charge in [-0.2, -0.15) is 0 Å². The van der Waals surface area contributed by atoms with Gasteiger partial charge in [0.2, 0.25) is 0 Å². The van der Waals surface area contributed by atoms with Crippen LogP contribution in [0.25, 0.3) is 0 Å². The Bertz CT molecular complexity index is 144. The Kier molecular flexibility index (Phi) is 5.45. The standard InChI is InChI=1S/C11H24N2O/c1-9(2)11(8-14)13-7-10-3-5-12-6-4-10/h9-14H,3-8H2,1-2H3. The number of piperidine rings is 1. The molecule has 1 aliphatic rings. The molecule has 0 aromatic carbocycles. The van der Waals surface area contributed by atoms with Crippen molar-refractivity contribution < 1.29 is 5.11 Å². The second kappa shape index (κ2) is 6.38. The van der Waals surface area contributed by atoms with Crippen LogP contribution in [0.1, 0.15) is 26.7 Å². The van der Waals surface area contributed by atoms with Crippen LogP contribution in [0.15, 0.2) is 0 Å². The number of aliphatic hydroxyl groups excluding tert-OH is 1. The summed E-state index contributed by atoms with van der Waals surface area (Å²) in [6, 6.07) is 0.268. The van der Waals surface area contributed by atoms with Crippen LogP contribution in [0.5, 0.6) is 0 Å². The molecule has 1 atom stereocenters. The third-order valence-corrected chi connectivity index (χ3v) is 3.13. The summed E-state index contributed by atoms with van der Waals surface area (Å²) in [7, 11) is 0. The van der Waals surface area contributed by atoms with Gasteiger partial charge in [-0.25, -0.2) is 0 Å². The second-order valence-electron chi connectivity index (χ2n) is 4.63. The van der Waals surface area contributed by atoms with E-state index in [1.807, 2.05) is 0 Å². The highest BCUT2D eigenvalue weighted by atomic mass is 16.3. The molecule has 1 heterocycles. The highest BCUT2D eigenvalue weighted by Gasteiger charge is 2.16. The summed E-state index contributed by atoms with van der Waals surface area (Å²) in [5, 5.41) is 16.0. The van der Waals surface area contributed by atoms with Crippen molar-refractivity contribution >= 4 is 0 Å². The Morgan fingerprint density at radius 2 is 2.00 bits per heavy atom. The minimum atomic E-state index is 0.253. The van der Waals surface area contributed by atoms with Crippen molar-refractivity contribution in [1.29, 1.82) is 0 Å². The maximum Gasteiger partial charge on any atom is 0.0587 e. The van der Waals surface area contributed by atoms with Crippen LogP contribution in [0, 0.1) is 11.8 Å². The molecule has 0 aromatic rings. The molecule has 1 saturated heterocycles. The molecule has 3 nitrogen and oxygen atoms in total. The van der Waals surface area contributed by atoms with Gasteiger partial charge in [-0.1, -0.05) is 13.8 Å². The lowest BCUT2D eigenvalue weighted by molar-refractivity contribution is 0.201. The molecule has 0 bridgehead atoms. The molecular formula is C11H24N2O. The Hall–Kier alpha value is -0.120. The Balaban J connectivity index is 2.16. The molecule has 0 radical (unpaired) electrons. The molecule has 0 spiro atoms. The molecule has 0 aromatic heterocycles. The first-order valence-corrected chi connectivity index (χ1v) is 5.79. The van der Waals surface area contributed by atoms with E-state index in [9.17, 15) is 0 Å².